The van der Waals surface area contributed by atoms with E-state index < -0.39 is 0 Å². The Morgan fingerprint density at radius 3 is 2.11 bits per heavy atom. The van der Waals surface area contributed by atoms with Crippen molar-refractivity contribution in [1.82, 2.24) is 4.90 Å². The van der Waals surface area contributed by atoms with Crippen molar-refractivity contribution in [3.63, 3.8) is 0 Å². The summed E-state index contributed by atoms with van der Waals surface area (Å²) in [6.07, 6.45) is 5.64. The summed E-state index contributed by atoms with van der Waals surface area (Å²) in [7, 11) is 0. The summed E-state index contributed by atoms with van der Waals surface area (Å²) in [5.41, 5.74) is 3.32. The monoisotopic (exact) mass is 363 g/mol. The van der Waals surface area contributed by atoms with Crippen LogP contribution in [0.25, 0.3) is 6.08 Å². The van der Waals surface area contributed by atoms with Gasteiger partial charge in [0.25, 0.3) is 11.8 Å². The lowest BCUT2D eigenvalue weighted by atomic mass is 10.1. The number of carbonyl (C=O) groups is 2. The maximum Gasteiger partial charge on any atom is 0.261 e. The quantitative estimate of drug-likeness (QED) is 0.454. The summed E-state index contributed by atoms with van der Waals surface area (Å²) in [6.45, 7) is 5.57. The van der Waals surface area contributed by atoms with Gasteiger partial charge in [-0.25, -0.2) is 0 Å². The van der Waals surface area contributed by atoms with Gasteiger partial charge in [-0.05, 0) is 36.1 Å². The van der Waals surface area contributed by atoms with Crippen LogP contribution in [0, 0.1) is 0 Å². The van der Waals surface area contributed by atoms with Crippen LogP contribution in [-0.4, -0.2) is 29.9 Å². The number of imide groups is 1. The third kappa shape index (κ3) is 4.72. The van der Waals surface area contributed by atoms with Crippen molar-refractivity contribution >= 4 is 17.9 Å². The Kier molecular flexibility index (Phi) is 6.55. The molecule has 0 unspecified atom stereocenters. The largest absolute Gasteiger partial charge is 0.377 e. The number of unbranched alkanes of at least 4 members (excludes halogenated alkanes) is 3. The molecule has 0 bridgehead atoms. The normalized spacial score (nSPS) is 13.1. The van der Waals surface area contributed by atoms with Crippen LogP contribution in [0.2, 0.25) is 0 Å². The van der Waals surface area contributed by atoms with Crippen molar-refractivity contribution in [2.24, 2.45) is 0 Å². The number of amides is 2. The van der Waals surface area contributed by atoms with E-state index in [4.69, 9.17) is 4.74 Å². The van der Waals surface area contributed by atoms with E-state index in [9.17, 15) is 9.59 Å². The Bertz CT molecular complexity index is 776. The van der Waals surface area contributed by atoms with Gasteiger partial charge in [0.05, 0.1) is 17.7 Å². The molecule has 0 aliphatic carbocycles. The first-order valence-corrected chi connectivity index (χ1v) is 9.45. The highest BCUT2D eigenvalue weighted by atomic mass is 16.5. The average molecular weight is 363 g/mol. The lowest BCUT2D eigenvalue weighted by molar-refractivity contribution is 0.0650. The third-order valence-corrected chi connectivity index (χ3v) is 4.78. The van der Waals surface area contributed by atoms with E-state index in [2.05, 4.69) is 18.7 Å². The molecule has 2 aromatic rings. The lowest BCUT2D eigenvalue weighted by Gasteiger charge is -2.13. The summed E-state index contributed by atoms with van der Waals surface area (Å²) in [5, 5.41) is 0. The fraction of sp³-hybridized carbons (Fsp3) is 0.304. The highest BCUT2D eigenvalue weighted by Gasteiger charge is 2.34. The van der Waals surface area contributed by atoms with E-state index in [1.807, 2.05) is 18.2 Å². The molecule has 0 spiro atoms. The topological polar surface area (TPSA) is 46.6 Å². The standard InChI is InChI=1S/C23H25NO3/c1-2-18-11-13-19(14-12-18)17-27-16-8-4-3-7-15-24-22(25)20-9-5-6-10-21(20)23(24)26/h2,5-6,9-14H,1,3-4,7-8,15-17H2. The Morgan fingerprint density at radius 2 is 1.48 bits per heavy atom. The zero-order valence-corrected chi connectivity index (χ0v) is 15.5. The molecule has 0 fully saturated rings. The molecule has 0 N–H and O–H groups in total. The van der Waals surface area contributed by atoms with Crippen molar-refractivity contribution in [2.45, 2.75) is 32.3 Å². The van der Waals surface area contributed by atoms with Gasteiger partial charge in [-0.15, -0.1) is 0 Å². The second-order valence-corrected chi connectivity index (χ2v) is 6.72. The van der Waals surface area contributed by atoms with Gasteiger partial charge in [0, 0.05) is 13.2 Å². The van der Waals surface area contributed by atoms with Crippen molar-refractivity contribution in [3.05, 3.63) is 77.4 Å². The minimum Gasteiger partial charge on any atom is -0.377 e. The van der Waals surface area contributed by atoms with Gasteiger partial charge in [0.1, 0.15) is 0 Å². The van der Waals surface area contributed by atoms with Crippen LogP contribution in [-0.2, 0) is 11.3 Å². The number of hydrogen-bond donors (Lipinski definition) is 0. The Hall–Kier alpha value is -2.72. The van der Waals surface area contributed by atoms with Crippen molar-refractivity contribution in [1.29, 1.82) is 0 Å². The summed E-state index contributed by atoms with van der Waals surface area (Å²) in [6, 6.07) is 15.2. The smallest absolute Gasteiger partial charge is 0.261 e. The zero-order valence-electron chi connectivity index (χ0n) is 15.5. The third-order valence-electron chi connectivity index (χ3n) is 4.78. The Balaban J connectivity index is 1.28. The summed E-state index contributed by atoms with van der Waals surface area (Å²) >= 11 is 0. The lowest BCUT2D eigenvalue weighted by Crippen LogP contribution is -2.30. The van der Waals surface area contributed by atoms with Crippen molar-refractivity contribution in [3.8, 4) is 0 Å². The number of ether oxygens (including phenoxy) is 1. The number of nitrogens with zero attached hydrogens (tertiary/aromatic N) is 1. The van der Waals surface area contributed by atoms with Gasteiger partial charge >= 0.3 is 0 Å². The molecule has 3 rings (SSSR count). The zero-order chi connectivity index (χ0) is 19.1. The predicted molar refractivity (Wildman–Crippen MR) is 106 cm³/mol. The number of fused-ring (bicyclic) bond motifs is 1. The van der Waals surface area contributed by atoms with E-state index >= 15 is 0 Å². The van der Waals surface area contributed by atoms with Gasteiger partial charge in [-0.1, -0.05) is 61.9 Å². The van der Waals surface area contributed by atoms with Gasteiger partial charge in [-0.2, -0.15) is 0 Å². The van der Waals surface area contributed by atoms with Crippen LogP contribution < -0.4 is 0 Å². The molecule has 140 valence electrons. The molecule has 4 heteroatoms. The molecule has 1 aliphatic heterocycles. The maximum atomic E-state index is 12.3. The van der Waals surface area contributed by atoms with Crippen molar-refractivity contribution < 1.29 is 14.3 Å². The van der Waals surface area contributed by atoms with E-state index in [0.29, 0.717) is 24.3 Å². The van der Waals surface area contributed by atoms with Crippen LogP contribution >= 0.6 is 0 Å². The Labute approximate surface area is 160 Å². The van der Waals surface area contributed by atoms with Crippen LogP contribution in [0.15, 0.2) is 55.1 Å². The molecule has 2 amide bonds. The van der Waals surface area contributed by atoms with E-state index in [-0.39, 0.29) is 11.8 Å². The SMILES string of the molecule is C=Cc1ccc(COCCCCCCN2C(=O)c3ccccc3C2=O)cc1. The van der Waals surface area contributed by atoms with Crippen LogP contribution in [0.4, 0.5) is 0 Å². The Morgan fingerprint density at radius 1 is 0.852 bits per heavy atom. The molecule has 4 nitrogen and oxygen atoms in total. The highest BCUT2D eigenvalue weighted by molar-refractivity contribution is 6.21. The molecule has 0 atom stereocenters. The number of benzene rings is 2. The molecule has 0 saturated heterocycles. The van der Waals surface area contributed by atoms with Gasteiger partial charge in [0.15, 0.2) is 0 Å². The van der Waals surface area contributed by atoms with E-state index in [0.717, 1.165) is 43.4 Å². The summed E-state index contributed by atoms with van der Waals surface area (Å²) in [4.78, 5) is 25.9. The van der Waals surface area contributed by atoms with Gasteiger partial charge < -0.3 is 4.74 Å². The molecule has 27 heavy (non-hydrogen) atoms. The highest BCUT2D eigenvalue weighted by Crippen LogP contribution is 2.22. The van der Waals surface area contributed by atoms with E-state index in [1.54, 1.807) is 24.3 Å². The maximum absolute atomic E-state index is 12.3. The summed E-state index contributed by atoms with van der Waals surface area (Å²) < 4.78 is 5.71. The number of carbonyl (C=O) groups excluding carboxylic acids is 2. The van der Waals surface area contributed by atoms with Crippen LogP contribution in [0.1, 0.15) is 57.5 Å². The van der Waals surface area contributed by atoms with Gasteiger partial charge in [-0.3, -0.25) is 14.5 Å². The molecular formula is C23H25NO3. The molecule has 2 aromatic carbocycles. The average Bonchev–Trinajstić information content (AvgIpc) is 2.95. The van der Waals surface area contributed by atoms with Crippen molar-refractivity contribution in [2.75, 3.05) is 13.2 Å². The molecule has 1 aliphatic rings. The number of rotatable bonds is 10. The minimum absolute atomic E-state index is 0.165. The first-order valence-electron chi connectivity index (χ1n) is 9.45. The minimum atomic E-state index is -0.165. The molecule has 0 saturated carbocycles. The first kappa shape index (κ1) is 19.1. The van der Waals surface area contributed by atoms with Gasteiger partial charge in [0.2, 0.25) is 0 Å². The molecular weight excluding hydrogens is 338 g/mol. The number of hydrogen-bond acceptors (Lipinski definition) is 3. The fourth-order valence-electron chi connectivity index (χ4n) is 3.21. The van der Waals surface area contributed by atoms with Crippen LogP contribution in [0.3, 0.4) is 0 Å². The molecule has 1 heterocycles. The fourth-order valence-corrected chi connectivity index (χ4v) is 3.21. The summed E-state index contributed by atoms with van der Waals surface area (Å²) in [5.74, 6) is -0.331. The second-order valence-electron chi connectivity index (χ2n) is 6.72. The predicted octanol–water partition coefficient (Wildman–Crippen LogP) is 4.70. The molecule has 0 aromatic heterocycles. The van der Waals surface area contributed by atoms with Crippen LogP contribution in [0.5, 0.6) is 0 Å². The molecule has 0 radical (unpaired) electrons. The second kappa shape index (κ2) is 9.28. The first-order chi connectivity index (χ1) is 13.2. The van der Waals surface area contributed by atoms with E-state index in [1.165, 1.54) is 4.90 Å².